The molecule has 4 nitrogen and oxygen atoms in total. The number of benzene rings is 2. The molecule has 0 amide bonds. The van der Waals surface area contributed by atoms with E-state index < -0.39 is 15.5 Å². The molecule has 0 heterocycles. The third-order valence-corrected chi connectivity index (χ3v) is 3.52. The van der Waals surface area contributed by atoms with Gasteiger partial charge in [-0.25, -0.2) is 0 Å². The molecule has 0 aliphatic rings. The summed E-state index contributed by atoms with van der Waals surface area (Å²) >= 11 is 11.0. The van der Waals surface area contributed by atoms with Crippen LogP contribution in [0.25, 0.3) is 11.1 Å². The molecule has 2 rings (SSSR count). The third kappa shape index (κ3) is 4.20. The van der Waals surface area contributed by atoms with Gasteiger partial charge in [0.05, 0.1) is 0 Å². The molecule has 8 heteroatoms. The SMILES string of the molecule is OP(Cl)Oc1ccccc1-c1ccccc1OP(O)Cl. The molecular formula is C12H10Cl2O4P2. The Morgan fingerprint density at radius 1 is 0.700 bits per heavy atom. The topological polar surface area (TPSA) is 58.9 Å². The van der Waals surface area contributed by atoms with Crippen LogP contribution in [0.15, 0.2) is 48.5 Å². The van der Waals surface area contributed by atoms with E-state index in [1.165, 1.54) is 0 Å². The first-order valence-corrected chi connectivity index (χ1v) is 9.65. The summed E-state index contributed by atoms with van der Waals surface area (Å²) in [5.41, 5.74) is 1.36. The maximum Gasteiger partial charge on any atom is 0.335 e. The smallest absolute Gasteiger partial charge is 0.335 e. The average Bonchev–Trinajstić information content (AvgIpc) is 2.39. The van der Waals surface area contributed by atoms with Gasteiger partial charge in [0.1, 0.15) is 11.5 Å². The Bertz CT molecular complexity index is 529. The molecule has 0 aliphatic carbocycles. The first-order valence-electron chi connectivity index (χ1n) is 5.42. The molecule has 2 N–H and O–H groups in total. The number of hydrogen-bond donors (Lipinski definition) is 2. The second-order valence-corrected chi connectivity index (χ2v) is 6.63. The molecule has 2 aromatic rings. The number of para-hydroxylation sites is 2. The number of halogens is 2. The van der Waals surface area contributed by atoms with E-state index in [9.17, 15) is 9.79 Å². The minimum Gasteiger partial charge on any atom is -0.435 e. The molecule has 20 heavy (non-hydrogen) atoms. The molecule has 2 atom stereocenters. The highest BCUT2D eigenvalue weighted by molar-refractivity contribution is 7.75. The average molecular weight is 351 g/mol. The molecule has 0 fully saturated rings. The maximum absolute atomic E-state index is 9.21. The van der Waals surface area contributed by atoms with E-state index >= 15 is 0 Å². The van der Waals surface area contributed by atoms with Crippen LogP contribution < -0.4 is 9.05 Å². The fourth-order valence-corrected chi connectivity index (χ4v) is 2.79. The van der Waals surface area contributed by atoms with Crippen molar-refractivity contribution in [1.29, 1.82) is 0 Å². The zero-order valence-electron chi connectivity index (χ0n) is 9.98. The van der Waals surface area contributed by atoms with Crippen molar-refractivity contribution in [3.63, 3.8) is 0 Å². The van der Waals surface area contributed by atoms with E-state index in [1.807, 2.05) is 12.1 Å². The van der Waals surface area contributed by atoms with Crippen molar-refractivity contribution in [2.45, 2.75) is 0 Å². The zero-order chi connectivity index (χ0) is 14.5. The standard InChI is InChI=1S/C12H10Cl2O4P2/c13-19(15)17-11-7-3-1-5-9(11)10-6-2-4-8-12(10)18-20(14)16/h1-8,15-16H. The van der Waals surface area contributed by atoms with Crippen molar-refractivity contribution in [3.8, 4) is 22.6 Å². The van der Waals surface area contributed by atoms with E-state index in [1.54, 1.807) is 36.4 Å². The molecule has 0 radical (unpaired) electrons. The van der Waals surface area contributed by atoms with Crippen molar-refractivity contribution >= 4 is 37.9 Å². The lowest BCUT2D eigenvalue weighted by molar-refractivity contribution is 0.502. The highest BCUT2D eigenvalue weighted by Crippen LogP contribution is 2.47. The van der Waals surface area contributed by atoms with Crippen LogP contribution in [0.4, 0.5) is 0 Å². The monoisotopic (exact) mass is 350 g/mol. The van der Waals surface area contributed by atoms with Gasteiger partial charge in [-0.05, 0) is 34.6 Å². The van der Waals surface area contributed by atoms with E-state index in [2.05, 4.69) is 0 Å². The van der Waals surface area contributed by atoms with E-state index in [0.717, 1.165) is 0 Å². The Hall–Kier alpha value is -0.600. The van der Waals surface area contributed by atoms with Crippen molar-refractivity contribution in [2.75, 3.05) is 0 Å². The van der Waals surface area contributed by atoms with Gasteiger partial charge in [-0.15, -0.1) is 0 Å². The molecule has 0 saturated heterocycles. The van der Waals surface area contributed by atoms with Crippen LogP contribution in [-0.2, 0) is 0 Å². The molecule has 0 bridgehead atoms. The second kappa shape index (κ2) is 7.42. The molecule has 106 valence electrons. The predicted octanol–water partition coefficient (Wildman–Crippen LogP) is 5.03. The predicted molar refractivity (Wildman–Crippen MR) is 83.1 cm³/mol. The van der Waals surface area contributed by atoms with Crippen LogP contribution >= 0.6 is 37.9 Å². The van der Waals surface area contributed by atoms with Gasteiger partial charge in [0.15, 0.2) is 0 Å². The van der Waals surface area contributed by atoms with Gasteiger partial charge in [0.25, 0.3) is 0 Å². The van der Waals surface area contributed by atoms with Crippen molar-refractivity contribution < 1.29 is 18.8 Å². The molecule has 2 unspecified atom stereocenters. The molecule has 0 saturated carbocycles. The minimum atomic E-state index is -2.05. The summed E-state index contributed by atoms with van der Waals surface area (Å²) in [6, 6.07) is 14.1. The van der Waals surface area contributed by atoms with E-state index in [-0.39, 0.29) is 0 Å². The molecule has 2 aromatic carbocycles. The fourth-order valence-electron chi connectivity index (χ4n) is 1.70. The fraction of sp³-hybridized carbons (Fsp3) is 0. The van der Waals surface area contributed by atoms with Gasteiger partial charge < -0.3 is 18.8 Å². The highest BCUT2D eigenvalue weighted by Gasteiger charge is 2.15. The van der Waals surface area contributed by atoms with E-state index in [0.29, 0.717) is 22.6 Å². The first-order chi connectivity index (χ1) is 9.58. The van der Waals surface area contributed by atoms with Gasteiger partial charge in [-0.3, -0.25) is 0 Å². The molecule has 0 aliphatic heterocycles. The number of rotatable bonds is 5. The summed E-state index contributed by atoms with van der Waals surface area (Å²) < 4.78 is 10.4. The van der Waals surface area contributed by atoms with Crippen molar-refractivity contribution in [2.24, 2.45) is 0 Å². The van der Waals surface area contributed by atoms with Crippen LogP contribution in [0.1, 0.15) is 0 Å². The summed E-state index contributed by atoms with van der Waals surface area (Å²) in [6.07, 6.45) is 0. The van der Waals surface area contributed by atoms with Gasteiger partial charge >= 0.3 is 15.5 Å². The largest absolute Gasteiger partial charge is 0.435 e. The Balaban J connectivity index is 2.46. The third-order valence-electron chi connectivity index (χ3n) is 2.41. The van der Waals surface area contributed by atoms with Crippen LogP contribution in [-0.4, -0.2) is 9.79 Å². The van der Waals surface area contributed by atoms with Crippen molar-refractivity contribution in [3.05, 3.63) is 48.5 Å². The number of hydrogen-bond acceptors (Lipinski definition) is 4. The summed E-state index contributed by atoms with van der Waals surface area (Å²) in [5, 5.41) is 0. The van der Waals surface area contributed by atoms with Gasteiger partial charge in [-0.1, -0.05) is 36.4 Å². The zero-order valence-corrected chi connectivity index (χ0v) is 13.3. The van der Waals surface area contributed by atoms with E-state index in [4.69, 9.17) is 31.5 Å². The molecular weight excluding hydrogens is 341 g/mol. The van der Waals surface area contributed by atoms with Crippen LogP contribution in [0.5, 0.6) is 11.5 Å². The van der Waals surface area contributed by atoms with Gasteiger partial charge in [0, 0.05) is 11.1 Å². The minimum absolute atomic E-state index is 0.420. The second-order valence-electron chi connectivity index (χ2n) is 3.63. The van der Waals surface area contributed by atoms with Crippen molar-refractivity contribution in [1.82, 2.24) is 0 Å². The Morgan fingerprint density at radius 2 is 1.05 bits per heavy atom. The quantitative estimate of drug-likeness (QED) is 0.742. The Kier molecular flexibility index (Phi) is 5.86. The highest BCUT2D eigenvalue weighted by atomic mass is 35.7. The van der Waals surface area contributed by atoms with Crippen LogP contribution in [0.2, 0.25) is 0 Å². The molecule has 0 spiro atoms. The lowest BCUT2D eigenvalue weighted by Crippen LogP contribution is -1.90. The summed E-state index contributed by atoms with van der Waals surface area (Å²) in [6.45, 7) is 0. The Labute approximate surface area is 128 Å². The normalized spacial score (nSPS) is 13.6. The van der Waals surface area contributed by atoms with Crippen LogP contribution in [0, 0.1) is 0 Å². The summed E-state index contributed by atoms with van der Waals surface area (Å²) in [5.74, 6) is 0.841. The van der Waals surface area contributed by atoms with Crippen LogP contribution in [0.3, 0.4) is 0 Å². The Morgan fingerprint density at radius 3 is 1.40 bits per heavy atom. The maximum atomic E-state index is 9.21. The molecule has 0 aromatic heterocycles. The first kappa shape index (κ1) is 15.8. The lowest BCUT2D eigenvalue weighted by Gasteiger charge is -2.14. The van der Waals surface area contributed by atoms with Gasteiger partial charge in [-0.2, -0.15) is 0 Å². The summed E-state index contributed by atoms with van der Waals surface area (Å²) in [7, 11) is -4.10. The van der Waals surface area contributed by atoms with Gasteiger partial charge in [0.2, 0.25) is 0 Å². The summed E-state index contributed by atoms with van der Waals surface area (Å²) in [4.78, 5) is 18.4. The lowest BCUT2D eigenvalue weighted by atomic mass is 10.0.